The second-order valence-electron chi connectivity index (χ2n) is 6.43. The molecule has 0 bridgehead atoms. The Bertz CT molecular complexity index is 569. The van der Waals surface area contributed by atoms with Gasteiger partial charge in [-0.05, 0) is 56.9 Å². The molecule has 0 spiro atoms. The zero-order valence-electron chi connectivity index (χ0n) is 13.5. The van der Waals surface area contributed by atoms with Crippen LogP contribution in [0.15, 0.2) is 30.3 Å². The van der Waals surface area contributed by atoms with Gasteiger partial charge in [-0.3, -0.25) is 9.59 Å². The number of benzene rings is 1. The average molecular weight is 300 g/mol. The van der Waals surface area contributed by atoms with E-state index in [1.807, 2.05) is 32.9 Å². The fourth-order valence-corrected chi connectivity index (χ4v) is 1.88. The monoisotopic (exact) mass is 300 g/mol. The number of carbonyl (C=O) groups is 2. The lowest BCUT2D eigenvalue weighted by Crippen LogP contribution is -2.41. The molecule has 1 aliphatic rings. The molecule has 1 aromatic rings. The van der Waals surface area contributed by atoms with Crippen LogP contribution in [0.2, 0.25) is 0 Å². The number of amides is 2. The van der Waals surface area contributed by atoms with Crippen LogP contribution < -0.4 is 10.6 Å². The standard InChI is InChI=1S/C18H24N2O2/c1-4-18(2,3)20-16(21)12-7-13-5-8-14(9-6-13)17(22)19-15-10-11-15/h5-9,12,15H,4,10-11H2,1-3H3,(H,19,22)(H,20,21). The summed E-state index contributed by atoms with van der Waals surface area (Å²) in [6.07, 6.45) is 6.31. The Kier molecular flexibility index (Phi) is 5.01. The van der Waals surface area contributed by atoms with Gasteiger partial charge >= 0.3 is 0 Å². The number of nitrogens with one attached hydrogen (secondary N) is 2. The van der Waals surface area contributed by atoms with Gasteiger partial charge in [0.2, 0.25) is 5.91 Å². The molecule has 0 aliphatic heterocycles. The molecule has 4 heteroatoms. The van der Waals surface area contributed by atoms with Gasteiger partial charge < -0.3 is 10.6 Å². The van der Waals surface area contributed by atoms with E-state index in [1.165, 1.54) is 6.08 Å². The van der Waals surface area contributed by atoms with Gasteiger partial charge in [-0.25, -0.2) is 0 Å². The highest BCUT2D eigenvalue weighted by atomic mass is 16.2. The van der Waals surface area contributed by atoms with Crippen LogP contribution in [-0.2, 0) is 4.79 Å². The van der Waals surface area contributed by atoms with Crippen LogP contribution in [0.25, 0.3) is 6.08 Å². The van der Waals surface area contributed by atoms with Crippen LogP contribution >= 0.6 is 0 Å². The van der Waals surface area contributed by atoms with E-state index in [9.17, 15) is 9.59 Å². The molecule has 1 saturated carbocycles. The Labute approximate surface area is 132 Å². The lowest BCUT2D eigenvalue weighted by atomic mass is 10.0. The molecule has 0 saturated heterocycles. The largest absolute Gasteiger partial charge is 0.349 e. The lowest BCUT2D eigenvalue weighted by molar-refractivity contribution is -0.118. The SMILES string of the molecule is CCC(C)(C)NC(=O)C=Cc1ccc(C(=O)NC2CC2)cc1. The van der Waals surface area contributed by atoms with Gasteiger partial charge in [0.15, 0.2) is 0 Å². The molecular formula is C18H24N2O2. The fraction of sp³-hybridized carbons (Fsp3) is 0.444. The highest BCUT2D eigenvalue weighted by Crippen LogP contribution is 2.19. The van der Waals surface area contributed by atoms with Gasteiger partial charge in [0, 0.05) is 23.2 Å². The van der Waals surface area contributed by atoms with Crippen molar-refractivity contribution in [2.24, 2.45) is 0 Å². The summed E-state index contributed by atoms with van der Waals surface area (Å²) >= 11 is 0. The van der Waals surface area contributed by atoms with Crippen molar-refractivity contribution in [3.63, 3.8) is 0 Å². The molecule has 1 aromatic carbocycles. The average Bonchev–Trinajstić information content (AvgIpc) is 3.29. The number of carbonyl (C=O) groups excluding carboxylic acids is 2. The summed E-state index contributed by atoms with van der Waals surface area (Å²) < 4.78 is 0. The van der Waals surface area contributed by atoms with Crippen molar-refractivity contribution in [2.45, 2.75) is 51.6 Å². The highest BCUT2D eigenvalue weighted by molar-refractivity contribution is 5.95. The quantitative estimate of drug-likeness (QED) is 0.794. The molecule has 118 valence electrons. The maximum absolute atomic E-state index is 11.9. The molecule has 1 fully saturated rings. The maximum atomic E-state index is 11.9. The van der Waals surface area contributed by atoms with E-state index >= 15 is 0 Å². The first kappa shape index (κ1) is 16.3. The molecular weight excluding hydrogens is 276 g/mol. The maximum Gasteiger partial charge on any atom is 0.251 e. The van der Waals surface area contributed by atoms with E-state index in [0.29, 0.717) is 11.6 Å². The molecule has 22 heavy (non-hydrogen) atoms. The summed E-state index contributed by atoms with van der Waals surface area (Å²) in [5.41, 5.74) is 1.35. The number of rotatable bonds is 6. The lowest BCUT2D eigenvalue weighted by Gasteiger charge is -2.23. The Hall–Kier alpha value is -2.10. The summed E-state index contributed by atoms with van der Waals surface area (Å²) in [7, 11) is 0. The second kappa shape index (κ2) is 6.77. The fourth-order valence-electron chi connectivity index (χ4n) is 1.88. The molecule has 2 rings (SSSR count). The second-order valence-corrected chi connectivity index (χ2v) is 6.43. The minimum atomic E-state index is -0.202. The number of hydrogen-bond acceptors (Lipinski definition) is 2. The predicted molar refractivity (Wildman–Crippen MR) is 88.5 cm³/mol. The Morgan fingerprint density at radius 2 is 1.86 bits per heavy atom. The minimum absolute atomic E-state index is 0.0273. The topological polar surface area (TPSA) is 58.2 Å². The van der Waals surface area contributed by atoms with Crippen LogP contribution in [-0.4, -0.2) is 23.4 Å². The van der Waals surface area contributed by atoms with Gasteiger partial charge in [-0.2, -0.15) is 0 Å². The van der Waals surface area contributed by atoms with Crippen molar-refractivity contribution in [3.8, 4) is 0 Å². The van der Waals surface area contributed by atoms with E-state index in [-0.39, 0.29) is 17.4 Å². The minimum Gasteiger partial charge on any atom is -0.349 e. The van der Waals surface area contributed by atoms with Crippen LogP contribution in [0.4, 0.5) is 0 Å². The normalized spacial score (nSPS) is 14.9. The summed E-state index contributed by atoms with van der Waals surface area (Å²) in [4.78, 5) is 23.7. The first-order chi connectivity index (χ1) is 10.4. The smallest absolute Gasteiger partial charge is 0.251 e. The molecule has 0 heterocycles. The molecule has 0 aromatic heterocycles. The van der Waals surface area contributed by atoms with E-state index in [2.05, 4.69) is 10.6 Å². The Morgan fingerprint density at radius 3 is 2.41 bits per heavy atom. The van der Waals surface area contributed by atoms with Crippen molar-refractivity contribution < 1.29 is 9.59 Å². The van der Waals surface area contributed by atoms with Gasteiger partial charge in [-0.1, -0.05) is 19.1 Å². The zero-order valence-corrected chi connectivity index (χ0v) is 13.5. The van der Waals surface area contributed by atoms with Crippen LogP contribution in [0.1, 0.15) is 56.0 Å². The first-order valence-corrected chi connectivity index (χ1v) is 7.81. The molecule has 1 aliphatic carbocycles. The molecule has 0 atom stereocenters. The van der Waals surface area contributed by atoms with E-state index in [1.54, 1.807) is 18.2 Å². The Balaban J connectivity index is 1.91. The first-order valence-electron chi connectivity index (χ1n) is 7.81. The number of hydrogen-bond donors (Lipinski definition) is 2. The van der Waals surface area contributed by atoms with E-state index in [0.717, 1.165) is 24.8 Å². The molecule has 2 amide bonds. The summed E-state index contributed by atoms with van der Waals surface area (Å²) in [6.45, 7) is 6.02. The Morgan fingerprint density at radius 1 is 1.23 bits per heavy atom. The van der Waals surface area contributed by atoms with Crippen LogP contribution in [0.3, 0.4) is 0 Å². The molecule has 4 nitrogen and oxygen atoms in total. The summed E-state index contributed by atoms with van der Waals surface area (Å²) in [6, 6.07) is 7.61. The third-order valence-electron chi connectivity index (χ3n) is 3.86. The van der Waals surface area contributed by atoms with Crippen LogP contribution in [0.5, 0.6) is 0 Å². The van der Waals surface area contributed by atoms with Gasteiger partial charge in [0.1, 0.15) is 0 Å². The van der Waals surface area contributed by atoms with E-state index in [4.69, 9.17) is 0 Å². The zero-order chi connectivity index (χ0) is 16.2. The van der Waals surface area contributed by atoms with Crippen molar-refractivity contribution in [1.82, 2.24) is 10.6 Å². The van der Waals surface area contributed by atoms with Crippen molar-refractivity contribution in [1.29, 1.82) is 0 Å². The van der Waals surface area contributed by atoms with Crippen molar-refractivity contribution in [3.05, 3.63) is 41.5 Å². The van der Waals surface area contributed by atoms with Crippen LogP contribution in [0, 0.1) is 0 Å². The summed E-state index contributed by atoms with van der Waals surface area (Å²) in [5.74, 6) is -0.136. The van der Waals surface area contributed by atoms with Gasteiger partial charge in [-0.15, -0.1) is 0 Å². The van der Waals surface area contributed by atoms with E-state index < -0.39 is 0 Å². The highest BCUT2D eigenvalue weighted by Gasteiger charge is 2.23. The third kappa shape index (κ3) is 5.02. The molecule has 2 N–H and O–H groups in total. The third-order valence-corrected chi connectivity index (χ3v) is 3.86. The van der Waals surface area contributed by atoms with Gasteiger partial charge in [0.05, 0.1) is 0 Å². The van der Waals surface area contributed by atoms with Crippen molar-refractivity contribution >= 4 is 17.9 Å². The summed E-state index contributed by atoms with van der Waals surface area (Å²) in [5, 5.41) is 5.90. The molecule has 0 unspecified atom stereocenters. The molecule has 0 radical (unpaired) electrons. The predicted octanol–water partition coefficient (Wildman–Crippen LogP) is 2.90. The van der Waals surface area contributed by atoms with Gasteiger partial charge in [0.25, 0.3) is 5.91 Å². The van der Waals surface area contributed by atoms with Crippen molar-refractivity contribution in [2.75, 3.05) is 0 Å².